The molecule has 0 aliphatic rings. The number of nitrogens with one attached hydrogen (secondary N) is 1. The topological polar surface area (TPSA) is 49.4 Å². The Bertz CT molecular complexity index is 807. The fourth-order valence-electron chi connectivity index (χ4n) is 3.02. The molecule has 0 spiro atoms. The molecule has 1 N–H and O–H groups in total. The third-order valence-electron chi connectivity index (χ3n) is 4.84. The highest BCUT2D eigenvalue weighted by atomic mass is 79.9. The van der Waals surface area contributed by atoms with E-state index in [2.05, 4.69) is 28.2 Å². The van der Waals surface area contributed by atoms with E-state index in [0.29, 0.717) is 13.1 Å². The van der Waals surface area contributed by atoms with Crippen LogP contribution in [0.4, 0.5) is 0 Å². The van der Waals surface area contributed by atoms with Gasteiger partial charge in [0.25, 0.3) is 0 Å². The molecule has 0 heterocycles. The first-order valence-electron chi connectivity index (χ1n) is 9.78. The van der Waals surface area contributed by atoms with Crippen LogP contribution >= 0.6 is 15.9 Å². The summed E-state index contributed by atoms with van der Waals surface area (Å²) in [6, 6.07) is 15.2. The summed E-state index contributed by atoms with van der Waals surface area (Å²) in [6.45, 7) is 6.92. The summed E-state index contributed by atoms with van der Waals surface area (Å²) in [6.07, 6.45) is 2.23. The molecular formula is C23H29BrN2O2. The normalized spacial score (nSPS) is 11.7. The van der Waals surface area contributed by atoms with Gasteiger partial charge in [0.05, 0.1) is 6.42 Å². The summed E-state index contributed by atoms with van der Waals surface area (Å²) in [5.41, 5.74) is 3.06. The molecular weight excluding hydrogens is 416 g/mol. The molecule has 0 radical (unpaired) electrons. The largest absolute Gasteiger partial charge is 0.354 e. The fraction of sp³-hybridized carbons (Fsp3) is 0.391. The fourth-order valence-corrected chi connectivity index (χ4v) is 3.47. The van der Waals surface area contributed by atoms with Crippen molar-refractivity contribution in [3.8, 4) is 0 Å². The van der Waals surface area contributed by atoms with Crippen molar-refractivity contribution in [1.29, 1.82) is 0 Å². The van der Waals surface area contributed by atoms with Crippen molar-refractivity contribution < 1.29 is 9.59 Å². The quantitative estimate of drug-likeness (QED) is 0.572. The van der Waals surface area contributed by atoms with Crippen molar-refractivity contribution in [2.24, 2.45) is 0 Å². The Labute approximate surface area is 176 Å². The molecule has 0 saturated carbocycles. The molecule has 0 unspecified atom stereocenters. The number of halogens is 1. The average molecular weight is 445 g/mol. The van der Waals surface area contributed by atoms with Gasteiger partial charge in [-0.3, -0.25) is 9.59 Å². The number of hydrogen-bond donors (Lipinski definition) is 1. The van der Waals surface area contributed by atoms with E-state index in [4.69, 9.17) is 0 Å². The van der Waals surface area contributed by atoms with E-state index in [1.807, 2.05) is 55.5 Å². The van der Waals surface area contributed by atoms with Crippen LogP contribution in [0.5, 0.6) is 0 Å². The van der Waals surface area contributed by atoms with Crippen LogP contribution in [0.1, 0.15) is 43.4 Å². The highest BCUT2D eigenvalue weighted by Gasteiger charge is 2.26. The summed E-state index contributed by atoms with van der Waals surface area (Å²) >= 11 is 3.48. The van der Waals surface area contributed by atoms with Gasteiger partial charge < -0.3 is 10.2 Å². The van der Waals surface area contributed by atoms with Crippen LogP contribution in [-0.4, -0.2) is 29.3 Å². The van der Waals surface area contributed by atoms with Crippen LogP contribution < -0.4 is 5.32 Å². The molecule has 0 aromatic heterocycles. The Morgan fingerprint density at radius 1 is 1.14 bits per heavy atom. The summed E-state index contributed by atoms with van der Waals surface area (Å²) in [4.78, 5) is 27.5. The van der Waals surface area contributed by atoms with Crippen molar-refractivity contribution in [3.63, 3.8) is 0 Å². The van der Waals surface area contributed by atoms with Gasteiger partial charge in [-0.1, -0.05) is 65.7 Å². The van der Waals surface area contributed by atoms with Gasteiger partial charge >= 0.3 is 0 Å². The first-order chi connectivity index (χ1) is 13.4. The number of amides is 2. The molecule has 4 nitrogen and oxygen atoms in total. The minimum atomic E-state index is -0.535. The molecule has 2 aromatic rings. The molecule has 28 heavy (non-hydrogen) atoms. The molecule has 0 bridgehead atoms. The van der Waals surface area contributed by atoms with E-state index in [-0.39, 0.29) is 18.2 Å². The van der Waals surface area contributed by atoms with Crippen LogP contribution in [0.15, 0.2) is 53.0 Å². The molecule has 0 aliphatic carbocycles. The molecule has 0 saturated heterocycles. The highest BCUT2D eigenvalue weighted by Crippen LogP contribution is 2.17. The second kappa shape index (κ2) is 11.0. The predicted molar refractivity (Wildman–Crippen MR) is 117 cm³/mol. The molecule has 5 heteroatoms. The Morgan fingerprint density at radius 2 is 1.89 bits per heavy atom. The minimum absolute atomic E-state index is 0.0487. The average Bonchev–Trinajstić information content (AvgIpc) is 2.67. The van der Waals surface area contributed by atoms with Gasteiger partial charge in [0.2, 0.25) is 11.8 Å². The number of nitrogens with zero attached hydrogens (tertiary/aromatic N) is 1. The Hall–Kier alpha value is -2.14. The number of unbranched alkanes of at least 4 members (excludes halogenated alkanes) is 1. The molecule has 0 fully saturated rings. The van der Waals surface area contributed by atoms with Crippen molar-refractivity contribution >= 4 is 27.7 Å². The third-order valence-corrected chi connectivity index (χ3v) is 5.33. The van der Waals surface area contributed by atoms with Crippen LogP contribution in [0.2, 0.25) is 0 Å². The van der Waals surface area contributed by atoms with E-state index < -0.39 is 6.04 Å². The van der Waals surface area contributed by atoms with Crippen LogP contribution in [0.3, 0.4) is 0 Å². The first-order valence-corrected chi connectivity index (χ1v) is 10.6. The van der Waals surface area contributed by atoms with Gasteiger partial charge in [-0.2, -0.15) is 0 Å². The summed E-state index contributed by atoms with van der Waals surface area (Å²) < 4.78 is 0.955. The monoisotopic (exact) mass is 444 g/mol. The maximum absolute atomic E-state index is 13.2. The number of hydrogen-bond acceptors (Lipinski definition) is 2. The van der Waals surface area contributed by atoms with Crippen LogP contribution in [-0.2, 0) is 22.6 Å². The van der Waals surface area contributed by atoms with Gasteiger partial charge in [-0.05, 0) is 49.1 Å². The summed E-state index contributed by atoms with van der Waals surface area (Å²) in [5, 5.41) is 2.95. The molecule has 0 aliphatic heterocycles. The van der Waals surface area contributed by atoms with E-state index in [0.717, 1.165) is 34.0 Å². The third kappa shape index (κ3) is 6.48. The maximum atomic E-state index is 13.2. The van der Waals surface area contributed by atoms with Gasteiger partial charge in [0.15, 0.2) is 0 Å². The lowest BCUT2D eigenvalue weighted by atomic mass is 10.0. The second-order valence-electron chi connectivity index (χ2n) is 7.08. The Balaban J connectivity index is 2.20. The van der Waals surface area contributed by atoms with Gasteiger partial charge in [-0.25, -0.2) is 0 Å². The first kappa shape index (κ1) is 22.2. The number of benzene rings is 2. The van der Waals surface area contributed by atoms with Gasteiger partial charge in [-0.15, -0.1) is 0 Å². The lowest BCUT2D eigenvalue weighted by Crippen LogP contribution is -2.48. The Morgan fingerprint density at radius 3 is 2.57 bits per heavy atom. The summed E-state index contributed by atoms with van der Waals surface area (Å²) in [7, 11) is 0. The predicted octanol–water partition coefficient (Wildman–Crippen LogP) is 4.63. The van der Waals surface area contributed by atoms with E-state index >= 15 is 0 Å². The molecule has 150 valence electrons. The highest BCUT2D eigenvalue weighted by molar-refractivity contribution is 9.10. The lowest BCUT2D eigenvalue weighted by molar-refractivity contribution is -0.140. The van der Waals surface area contributed by atoms with Gasteiger partial charge in [0.1, 0.15) is 6.04 Å². The zero-order valence-electron chi connectivity index (χ0n) is 16.9. The number of carbonyl (C=O) groups is 2. The number of aryl methyl sites for hydroxylation is 1. The van der Waals surface area contributed by atoms with E-state index in [9.17, 15) is 9.59 Å². The van der Waals surface area contributed by atoms with Gasteiger partial charge in [0, 0.05) is 17.6 Å². The molecule has 1 atom stereocenters. The van der Waals surface area contributed by atoms with Crippen LogP contribution in [0.25, 0.3) is 0 Å². The zero-order chi connectivity index (χ0) is 20.5. The van der Waals surface area contributed by atoms with Crippen molar-refractivity contribution in [1.82, 2.24) is 10.2 Å². The van der Waals surface area contributed by atoms with Crippen LogP contribution in [0, 0.1) is 6.92 Å². The van der Waals surface area contributed by atoms with Crippen molar-refractivity contribution in [3.05, 3.63) is 69.7 Å². The minimum Gasteiger partial charge on any atom is -0.354 e. The molecule has 2 aromatic carbocycles. The Kier molecular flexibility index (Phi) is 8.71. The SMILES string of the molecule is CCCCNC(=O)[C@@H](C)N(Cc1cccc(Br)c1)C(=O)Cc1ccccc1C. The zero-order valence-corrected chi connectivity index (χ0v) is 18.5. The molecule has 2 rings (SSSR count). The smallest absolute Gasteiger partial charge is 0.242 e. The number of carbonyl (C=O) groups excluding carboxylic acids is 2. The summed E-state index contributed by atoms with van der Waals surface area (Å²) in [5.74, 6) is -0.158. The number of rotatable bonds is 9. The second-order valence-corrected chi connectivity index (χ2v) is 7.99. The molecule has 2 amide bonds. The van der Waals surface area contributed by atoms with Crippen molar-refractivity contribution in [2.75, 3.05) is 6.54 Å². The lowest BCUT2D eigenvalue weighted by Gasteiger charge is -2.29. The van der Waals surface area contributed by atoms with E-state index in [1.54, 1.807) is 11.8 Å². The standard InChI is InChI=1S/C23H29BrN2O2/c1-4-5-13-25-23(28)18(3)26(16-19-10-8-12-21(24)14-19)22(27)15-20-11-7-6-9-17(20)2/h6-12,14,18H,4-5,13,15-16H2,1-3H3,(H,25,28)/t18-/m1/s1. The van der Waals surface area contributed by atoms with E-state index in [1.165, 1.54) is 0 Å². The maximum Gasteiger partial charge on any atom is 0.242 e. The van der Waals surface area contributed by atoms with Crippen molar-refractivity contribution in [2.45, 2.75) is 52.6 Å².